The molecule has 1 N–H and O–H groups in total. The lowest BCUT2D eigenvalue weighted by Gasteiger charge is -2.35. The highest BCUT2D eigenvalue weighted by Crippen LogP contribution is 2.30. The van der Waals surface area contributed by atoms with Gasteiger partial charge in [0.05, 0.1) is 4.90 Å². The van der Waals surface area contributed by atoms with Crippen molar-refractivity contribution >= 4 is 15.9 Å². The molecule has 5 nitrogen and oxygen atoms in total. The second-order valence-corrected chi connectivity index (χ2v) is 11.1. The van der Waals surface area contributed by atoms with Gasteiger partial charge < -0.3 is 5.32 Å². The van der Waals surface area contributed by atoms with Crippen LogP contribution in [0.25, 0.3) is 0 Å². The Kier molecular flexibility index (Phi) is 6.50. The first-order valence-electron chi connectivity index (χ1n) is 10.6. The molecular formula is C22H34N2O3S. The molecule has 1 saturated heterocycles. The summed E-state index contributed by atoms with van der Waals surface area (Å²) in [4.78, 5) is 13.0. The molecule has 0 unspecified atom stereocenters. The Morgan fingerprint density at radius 2 is 1.75 bits per heavy atom. The van der Waals surface area contributed by atoms with Gasteiger partial charge in [-0.25, -0.2) is 8.42 Å². The monoisotopic (exact) mass is 406 g/mol. The van der Waals surface area contributed by atoms with E-state index < -0.39 is 10.0 Å². The van der Waals surface area contributed by atoms with Crippen LogP contribution in [0, 0.1) is 23.7 Å². The van der Waals surface area contributed by atoms with Gasteiger partial charge in [-0.15, -0.1) is 0 Å². The molecule has 1 amide bonds. The van der Waals surface area contributed by atoms with Crippen LogP contribution >= 0.6 is 0 Å². The predicted molar refractivity (Wildman–Crippen MR) is 112 cm³/mol. The standard InChI is InChI=1S/C22H34N2O3S/c1-15-11-16(2)14-24(13-15)28(26,27)20-9-6-8-19(12-20)22(25)23-21-10-5-7-17(3)18(21)4/h6,8-9,12,15-18,21H,5,7,10-11,13-14H2,1-4H3,(H,23,25)/t15-,16+,17-,18+,21-/m0/s1. The van der Waals surface area contributed by atoms with Crippen LogP contribution in [0.3, 0.4) is 0 Å². The number of rotatable bonds is 4. The Bertz CT molecular complexity index is 798. The van der Waals surface area contributed by atoms with Crippen LogP contribution in [0.4, 0.5) is 0 Å². The zero-order valence-electron chi connectivity index (χ0n) is 17.5. The number of benzene rings is 1. The van der Waals surface area contributed by atoms with E-state index in [2.05, 4.69) is 33.0 Å². The molecule has 156 valence electrons. The highest BCUT2D eigenvalue weighted by atomic mass is 32.2. The minimum atomic E-state index is -3.58. The van der Waals surface area contributed by atoms with Crippen LogP contribution in [-0.4, -0.2) is 37.8 Å². The molecule has 1 aromatic rings. The van der Waals surface area contributed by atoms with Crippen molar-refractivity contribution in [1.82, 2.24) is 9.62 Å². The van der Waals surface area contributed by atoms with Gasteiger partial charge in [-0.1, -0.05) is 46.6 Å². The predicted octanol–water partition coefficient (Wildman–Crippen LogP) is 3.91. The van der Waals surface area contributed by atoms with Crippen LogP contribution in [0.1, 0.15) is 63.7 Å². The van der Waals surface area contributed by atoms with E-state index in [1.165, 1.54) is 12.5 Å². The average molecular weight is 407 g/mol. The molecule has 1 saturated carbocycles. The van der Waals surface area contributed by atoms with Crippen LogP contribution in [0.2, 0.25) is 0 Å². The summed E-state index contributed by atoms with van der Waals surface area (Å²) in [5.41, 5.74) is 0.421. The Hall–Kier alpha value is -1.40. The molecule has 1 aromatic carbocycles. The van der Waals surface area contributed by atoms with Crippen molar-refractivity contribution in [1.29, 1.82) is 0 Å². The topological polar surface area (TPSA) is 66.5 Å². The van der Waals surface area contributed by atoms with Crippen molar-refractivity contribution in [3.63, 3.8) is 0 Å². The molecule has 3 rings (SSSR count). The van der Waals surface area contributed by atoms with E-state index in [4.69, 9.17) is 0 Å². The third-order valence-corrected chi connectivity index (χ3v) is 8.42. The fraction of sp³-hybridized carbons (Fsp3) is 0.682. The van der Waals surface area contributed by atoms with E-state index in [0.717, 1.165) is 19.3 Å². The Morgan fingerprint density at radius 1 is 1.07 bits per heavy atom. The number of carbonyl (C=O) groups excluding carboxylic acids is 1. The maximum atomic E-state index is 13.1. The van der Waals surface area contributed by atoms with E-state index in [1.807, 2.05) is 0 Å². The van der Waals surface area contributed by atoms with Crippen LogP contribution < -0.4 is 5.32 Å². The van der Waals surface area contributed by atoms with Crippen molar-refractivity contribution in [2.24, 2.45) is 23.7 Å². The molecule has 2 aliphatic rings. The summed E-state index contributed by atoms with van der Waals surface area (Å²) >= 11 is 0. The number of nitrogens with zero attached hydrogens (tertiary/aromatic N) is 1. The number of piperidine rings is 1. The van der Waals surface area contributed by atoms with Crippen LogP contribution in [0.5, 0.6) is 0 Å². The quantitative estimate of drug-likeness (QED) is 0.824. The molecule has 0 aromatic heterocycles. The van der Waals surface area contributed by atoms with Gasteiger partial charge in [0.2, 0.25) is 10.0 Å². The van der Waals surface area contributed by atoms with Crippen LogP contribution in [-0.2, 0) is 10.0 Å². The maximum absolute atomic E-state index is 13.1. The number of amides is 1. The highest BCUT2D eigenvalue weighted by Gasteiger charge is 2.32. The van der Waals surface area contributed by atoms with Gasteiger partial charge in [0, 0.05) is 24.7 Å². The van der Waals surface area contributed by atoms with E-state index >= 15 is 0 Å². The number of nitrogens with one attached hydrogen (secondary N) is 1. The largest absolute Gasteiger partial charge is 0.349 e. The minimum absolute atomic E-state index is 0.153. The highest BCUT2D eigenvalue weighted by molar-refractivity contribution is 7.89. The van der Waals surface area contributed by atoms with Gasteiger partial charge in [0.1, 0.15) is 0 Å². The fourth-order valence-corrected chi connectivity index (χ4v) is 6.51. The smallest absolute Gasteiger partial charge is 0.251 e. The first-order chi connectivity index (χ1) is 13.2. The SMILES string of the molecule is C[C@@H]1C[C@H](C)CN(S(=O)(=O)c2cccc(C(=O)N[C@H]3CCC[C@H](C)[C@H]3C)c2)C1. The normalized spacial score (nSPS) is 32.1. The third kappa shape index (κ3) is 4.60. The molecule has 0 spiro atoms. The molecule has 28 heavy (non-hydrogen) atoms. The summed E-state index contributed by atoms with van der Waals surface area (Å²) in [5, 5.41) is 3.14. The summed E-state index contributed by atoms with van der Waals surface area (Å²) in [6.45, 7) is 9.69. The van der Waals surface area contributed by atoms with Gasteiger partial charge in [-0.3, -0.25) is 4.79 Å². The number of sulfonamides is 1. The first-order valence-corrected chi connectivity index (χ1v) is 12.0. The molecule has 1 heterocycles. The number of carbonyl (C=O) groups is 1. The van der Waals surface area contributed by atoms with Crippen LogP contribution in [0.15, 0.2) is 29.2 Å². The lowest BCUT2D eigenvalue weighted by atomic mass is 9.78. The summed E-state index contributed by atoms with van der Waals surface area (Å²) in [7, 11) is -3.58. The summed E-state index contributed by atoms with van der Waals surface area (Å²) < 4.78 is 27.8. The number of hydrogen-bond acceptors (Lipinski definition) is 3. The lowest BCUT2D eigenvalue weighted by Crippen LogP contribution is -2.44. The van der Waals surface area contributed by atoms with Crippen molar-refractivity contribution in [3.05, 3.63) is 29.8 Å². The summed E-state index contributed by atoms with van der Waals surface area (Å²) in [5.74, 6) is 1.54. The second-order valence-electron chi connectivity index (χ2n) is 9.14. The van der Waals surface area contributed by atoms with Gasteiger partial charge >= 0.3 is 0 Å². The molecule has 6 heteroatoms. The summed E-state index contributed by atoms with van der Waals surface area (Å²) in [6, 6.07) is 6.66. The van der Waals surface area contributed by atoms with Gasteiger partial charge in [0.25, 0.3) is 5.91 Å². The van der Waals surface area contributed by atoms with Gasteiger partial charge in [-0.05, 0) is 54.7 Å². The van der Waals surface area contributed by atoms with Crippen molar-refractivity contribution in [2.75, 3.05) is 13.1 Å². The van der Waals surface area contributed by atoms with Gasteiger partial charge in [-0.2, -0.15) is 4.31 Å². The maximum Gasteiger partial charge on any atom is 0.251 e. The third-order valence-electron chi connectivity index (χ3n) is 6.59. The second kappa shape index (κ2) is 8.54. The first kappa shape index (κ1) is 21.3. The van der Waals surface area contributed by atoms with Gasteiger partial charge in [0.15, 0.2) is 0 Å². The molecule has 1 aliphatic heterocycles. The fourth-order valence-electron chi connectivity index (χ4n) is 4.79. The zero-order chi connectivity index (χ0) is 20.5. The van der Waals surface area contributed by atoms with Crippen molar-refractivity contribution in [3.8, 4) is 0 Å². The molecular weight excluding hydrogens is 372 g/mol. The molecule has 1 aliphatic carbocycles. The molecule has 2 fully saturated rings. The van der Waals surface area contributed by atoms with E-state index in [0.29, 0.717) is 42.3 Å². The van der Waals surface area contributed by atoms with E-state index in [1.54, 1.807) is 22.5 Å². The lowest BCUT2D eigenvalue weighted by molar-refractivity contribution is 0.0891. The van der Waals surface area contributed by atoms with Crippen molar-refractivity contribution in [2.45, 2.75) is 64.3 Å². The van der Waals surface area contributed by atoms with E-state index in [-0.39, 0.29) is 16.8 Å². The number of hydrogen-bond donors (Lipinski definition) is 1. The molecule has 5 atom stereocenters. The Morgan fingerprint density at radius 3 is 2.43 bits per heavy atom. The van der Waals surface area contributed by atoms with Crippen molar-refractivity contribution < 1.29 is 13.2 Å². The summed E-state index contributed by atoms with van der Waals surface area (Å²) in [6.07, 6.45) is 4.36. The Labute approximate surface area is 169 Å². The molecule has 0 bridgehead atoms. The Balaban J connectivity index is 1.77. The zero-order valence-corrected chi connectivity index (χ0v) is 18.3. The molecule has 0 radical (unpaired) electrons. The minimum Gasteiger partial charge on any atom is -0.349 e. The van der Waals surface area contributed by atoms with E-state index in [9.17, 15) is 13.2 Å². The average Bonchev–Trinajstić information content (AvgIpc) is 2.64.